The Balaban J connectivity index is 1.79. The second-order valence-corrected chi connectivity index (χ2v) is 5.52. The van der Waals surface area contributed by atoms with Crippen molar-refractivity contribution in [1.82, 2.24) is 10.2 Å². The van der Waals surface area contributed by atoms with Crippen molar-refractivity contribution in [3.63, 3.8) is 0 Å². The number of thiol groups is 1. The number of benzene rings is 1. The predicted octanol–water partition coefficient (Wildman–Crippen LogP) is 2.05. The highest BCUT2D eigenvalue weighted by molar-refractivity contribution is 7.80. The van der Waals surface area contributed by atoms with Crippen LogP contribution in [0, 0.1) is 5.92 Å². The summed E-state index contributed by atoms with van der Waals surface area (Å²) in [5.41, 5.74) is 0.709. The molecule has 1 fully saturated rings. The maximum Gasteiger partial charge on any atom is 0.251 e. The smallest absolute Gasteiger partial charge is 0.251 e. The van der Waals surface area contributed by atoms with Crippen molar-refractivity contribution in [2.24, 2.45) is 5.92 Å². The van der Waals surface area contributed by atoms with Gasteiger partial charge in [-0.05, 0) is 63.2 Å². The van der Waals surface area contributed by atoms with Gasteiger partial charge in [0.15, 0.2) is 0 Å². The van der Waals surface area contributed by atoms with Crippen molar-refractivity contribution in [3.05, 3.63) is 29.8 Å². The fourth-order valence-electron chi connectivity index (χ4n) is 2.22. The third-order valence-electron chi connectivity index (χ3n) is 3.52. The predicted molar refractivity (Wildman–Crippen MR) is 76.2 cm³/mol. The van der Waals surface area contributed by atoms with Crippen LogP contribution in [-0.2, 0) is 0 Å². The van der Waals surface area contributed by atoms with E-state index in [1.54, 1.807) is 0 Å². The average molecular weight is 264 g/mol. The molecule has 4 heteroatoms. The van der Waals surface area contributed by atoms with Gasteiger partial charge in [-0.2, -0.15) is 0 Å². The molecule has 1 amide bonds. The molecule has 0 saturated carbocycles. The number of hydrogen-bond acceptors (Lipinski definition) is 3. The van der Waals surface area contributed by atoms with E-state index < -0.39 is 0 Å². The van der Waals surface area contributed by atoms with Crippen LogP contribution in [0.3, 0.4) is 0 Å². The summed E-state index contributed by atoms with van der Waals surface area (Å²) in [7, 11) is 2.15. The van der Waals surface area contributed by atoms with Crippen LogP contribution < -0.4 is 5.32 Å². The van der Waals surface area contributed by atoms with E-state index in [9.17, 15) is 4.79 Å². The molecule has 1 aliphatic heterocycles. The molecule has 0 aromatic heterocycles. The van der Waals surface area contributed by atoms with Crippen molar-refractivity contribution in [2.75, 3.05) is 26.7 Å². The van der Waals surface area contributed by atoms with Crippen LogP contribution in [0.25, 0.3) is 0 Å². The lowest BCUT2D eigenvalue weighted by atomic mass is 9.97. The van der Waals surface area contributed by atoms with Crippen molar-refractivity contribution in [3.8, 4) is 0 Å². The molecule has 1 heterocycles. The number of hydrogen-bond donors (Lipinski definition) is 2. The summed E-state index contributed by atoms with van der Waals surface area (Å²) >= 11 is 4.21. The Labute approximate surface area is 114 Å². The molecule has 18 heavy (non-hydrogen) atoms. The molecule has 1 aromatic rings. The molecule has 1 saturated heterocycles. The van der Waals surface area contributed by atoms with E-state index in [1.807, 2.05) is 24.3 Å². The first-order valence-electron chi connectivity index (χ1n) is 6.41. The summed E-state index contributed by atoms with van der Waals surface area (Å²) in [6.07, 6.45) is 2.35. The van der Waals surface area contributed by atoms with Crippen LogP contribution in [0.4, 0.5) is 0 Å². The summed E-state index contributed by atoms with van der Waals surface area (Å²) in [4.78, 5) is 15.1. The first kappa shape index (κ1) is 13.4. The highest BCUT2D eigenvalue weighted by Gasteiger charge is 2.17. The SMILES string of the molecule is CN1CCC(CNC(=O)c2ccc(S)cc2)CC1. The number of likely N-dealkylation sites (tertiary alicyclic amines) is 1. The summed E-state index contributed by atoms with van der Waals surface area (Å²) in [6, 6.07) is 7.31. The lowest BCUT2D eigenvalue weighted by Gasteiger charge is -2.28. The van der Waals surface area contributed by atoms with Crippen LogP contribution in [0.1, 0.15) is 23.2 Å². The Morgan fingerprint density at radius 3 is 2.56 bits per heavy atom. The molecule has 0 radical (unpaired) electrons. The highest BCUT2D eigenvalue weighted by atomic mass is 32.1. The second-order valence-electron chi connectivity index (χ2n) is 5.00. The molecule has 1 aromatic carbocycles. The van der Waals surface area contributed by atoms with Crippen molar-refractivity contribution < 1.29 is 4.79 Å². The molecule has 0 bridgehead atoms. The van der Waals surface area contributed by atoms with Crippen LogP contribution in [-0.4, -0.2) is 37.5 Å². The van der Waals surface area contributed by atoms with E-state index in [2.05, 4.69) is 29.9 Å². The Morgan fingerprint density at radius 1 is 1.33 bits per heavy atom. The first-order chi connectivity index (χ1) is 8.65. The van der Waals surface area contributed by atoms with Gasteiger partial charge in [0, 0.05) is 17.0 Å². The topological polar surface area (TPSA) is 32.3 Å². The van der Waals surface area contributed by atoms with Gasteiger partial charge < -0.3 is 10.2 Å². The number of nitrogens with one attached hydrogen (secondary N) is 1. The van der Waals surface area contributed by atoms with E-state index in [0.717, 1.165) is 24.5 Å². The van der Waals surface area contributed by atoms with Gasteiger partial charge in [0.05, 0.1) is 0 Å². The third kappa shape index (κ3) is 3.75. The van der Waals surface area contributed by atoms with Gasteiger partial charge in [-0.3, -0.25) is 4.79 Å². The average Bonchev–Trinajstić information content (AvgIpc) is 2.38. The van der Waals surface area contributed by atoms with Gasteiger partial charge in [-0.25, -0.2) is 0 Å². The molecule has 1 N–H and O–H groups in total. The Morgan fingerprint density at radius 2 is 1.94 bits per heavy atom. The van der Waals surface area contributed by atoms with Crippen LogP contribution in [0.2, 0.25) is 0 Å². The standard InChI is InChI=1S/C14H20N2OS/c1-16-8-6-11(7-9-16)10-15-14(17)12-2-4-13(18)5-3-12/h2-5,11,18H,6-10H2,1H3,(H,15,17). The lowest BCUT2D eigenvalue weighted by molar-refractivity contribution is 0.0939. The number of piperidine rings is 1. The zero-order valence-electron chi connectivity index (χ0n) is 10.7. The minimum Gasteiger partial charge on any atom is -0.352 e. The van der Waals surface area contributed by atoms with Crippen LogP contribution in [0.5, 0.6) is 0 Å². The molecule has 0 atom stereocenters. The molecule has 98 valence electrons. The van der Waals surface area contributed by atoms with E-state index in [-0.39, 0.29) is 5.91 Å². The zero-order valence-corrected chi connectivity index (χ0v) is 11.6. The summed E-state index contributed by atoms with van der Waals surface area (Å²) in [5, 5.41) is 3.02. The minimum absolute atomic E-state index is 0.0160. The molecule has 0 aliphatic carbocycles. The number of carbonyl (C=O) groups excluding carboxylic acids is 1. The lowest BCUT2D eigenvalue weighted by Crippen LogP contribution is -2.36. The van der Waals surface area contributed by atoms with E-state index in [1.165, 1.54) is 12.8 Å². The van der Waals surface area contributed by atoms with Gasteiger partial charge >= 0.3 is 0 Å². The maximum absolute atomic E-state index is 11.9. The van der Waals surface area contributed by atoms with Crippen LogP contribution in [0.15, 0.2) is 29.2 Å². The second kappa shape index (κ2) is 6.25. The van der Waals surface area contributed by atoms with Gasteiger partial charge in [-0.1, -0.05) is 0 Å². The third-order valence-corrected chi connectivity index (χ3v) is 3.82. The molecule has 0 spiro atoms. The number of carbonyl (C=O) groups is 1. The Kier molecular flexibility index (Phi) is 4.66. The largest absolute Gasteiger partial charge is 0.352 e. The molecular formula is C14H20N2OS. The number of amides is 1. The summed E-state index contributed by atoms with van der Waals surface area (Å²) < 4.78 is 0. The fourth-order valence-corrected chi connectivity index (χ4v) is 2.37. The summed E-state index contributed by atoms with van der Waals surface area (Å²) in [5.74, 6) is 0.636. The number of nitrogens with zero attached hydrogens (tertiary/aromatic N) is 1. The van der Waals surface area contributed by atoms with E-state index in [0.29, 0.717) is 11.5 Å². The van der Waals surface area contributed by atoms with Gasteiger partial charge in [0.1, 0.15) is 0 Å². The Bertz CT molecular complexity index is 397. The van der Waals surface area contributed by atoms with Gasteiger partial charge in [-0.15, -0.1) is 12.6 Å². The maximum atomic E-state index is 11.9. The Hall–Kier alpha value is -1.00. The molecule has 0 unspecified atom stereocenters. The molecular weight excluding hydrogens is 244 g/mol. The first-order valence-corrected chi connectivity index (χ1v) is 6.85. The van der Waals surface area contributed by atoms with Crippen molar-refractivity contribution in [2.45, 2.75) is 17.7 Å². The number of rotatable bonds is 3. The highest BCUT2D eigenvalue weighted by Crippen LogP contribution is 2.15. The van der Waals surface area contributed by atoms with Crippen molar-refractivity contribution in [1.29, 1.82) is 0 Å². The minimum atomic E-state index is 0.0160. The quantitative estimate of drug-likeness (QED) is 0.819. The molecule has 3 nitrogen and oxygen atoms in total. The zero-order chi connectivity index (χ0) is 13.0. The van der Waals surface area contributed by atoms with Gasteiger partial charge in [0.2, 0.25) is 0 Å². The van der Waals surface area contributed by atoms with Gasteiger partial charge in [0.25, 0.3) is 5.91 Å². The normalized spacial score (nSPS) is 17.7. The van der Waals surface area contributed by atoms with E-state index in [4.69, 9.17) is 0 Å². The monoisotopic (exact) mass is 264 g/mol. The fraction of sp³-hybridized carbons (Fsp3) is 0.500. The summed E-state index contributed by atoms with van der Waals surface area (Å²) in [6.45, 7) is 3.05. The molecule has 2 rings (SSSR count). The van der Waals surface area contributed by atoms with Crippen molar-refractivity contribution >= 4 is 18.5 Å². The van der Waals surface area contributed by atoms with Crippen LogP contribution >= 0.6 is 12.6 Å². The molecule has 1 aliphatic rings. The van der Waals surface area contributed by atoms with E-state index >= 15 is 0 Å².